The van der Waals surface area contributed by atoms with Gasteiger partial charge in [-0.15, -0.1) is 18.3 Å². The fraction of sp³-hybridized carbons (Fsp3) is 0.250. The van der Waals surface area contributed by atoms with E-state index >= 15 is 0 Å². The van der Waals surface area contributed by atoms with Gasteiger partial charge in [-0.05, 0) is 60.9 Å². The number of aryl methyl sites for hydroxylation is 1. The van der Waals surface area contributed by atoms with E-state index in [1.54, 1.807) is 36.9 Å². The molecule has 10 heteroatoms. The first-order valence-electron chi connectivity index (χ1n) is 10.5. The fourth-order valence-electron chi connectivity index (χ4n) is 3.18. The van der Waals surface area contributed by atoms with Crippen molar-refractivity contribution in [3.8, 4) is 34.4 Å². The molecule has 2 aromatic heterocycles. The normalized spacial score (nSPS) is 11.6. The second-order valence-corrected chi connectivity index (χ2v) is 8.51. The smallest absolute Gasteiger partial charge is 0.489 e. The molecule has 1 N–H and O–H groups in total. The molecule has 0 fully saturated rings. The minimum atomic E-state index is -4.72. The van der Waals surface area contributed by atoms with Crippen LogP contribution >= 0.6 is 11.8 Å². The van der Waals surface area contributed by atoms with E-state index < -0.39 is 6.36 Å². The first-order chi connectivity index (χ1) is 16.3. The van der Waals surface area contributed by atoms with Crippen LogP contribution in [0.2, 0.25) is 0 Å². The van der Waals surface area contributed by atoms with Gasteiger partial charge in [0.05, 0.1) is 0 Å². The van der Waals surface area contributed by atoms with Crippen molar-refractivity contribution in [2.24, 2.45) is 0 Å². The van der Waals surface area contributed by atoms with Gasteiger partial charge in [-0.1, -0.05) is 36.9 Å². The zero-order chi connectivity index (χ0) is 24.1. The van der Waals surface area contributed by atoms with Gasteiger partial charge in [0.15, 0.2) is 11.6 Å². The molecule has 0 saturated carbocycles. The lowest BCUT2D eigenvalue weighted by Crippen LogP contribution is -2.17. The minimum Gasteiger partial charge on any atom is -0.489 e. The summed E-state index contributed by atoms with van der Waals surface area (Å²) in [7, 11) is 0. The van der Waals surface area contributed by atoms with E-state index in [4.69, 9.17) is 9.15 Å². The third-order valence-electron chi connectivity index (χ3n) is 4.73. The Labute approximate surface area is 198 Å². The number of nitrogens with one attached hydrogen (secondary N) is 1. The number of ether oxygens (including phenoxy) is 2. The molecule has 178 valence electrons. The van der Waals surface area contributed by atoms with Crippen LogP contribution < -0.4 is 9.47 Å². The number of alkyl halides is 3. The summed E-state index contributed by atoms with van der Waals surface area (Å²) in [6, 6.07) is 15.5. The predicted octanol–water partition coefficient (Wildman–Crippen LogP) is 7.02. The SMILES string of the molecule is CCCSc1n[nH]c(-c2ccc(-c3cccc(OCc4ccc(OC(F)(F)F)c(C)c4)c3)o2)n1. The van der Waals surface area contributed by atoms with E-state index in [1.807, 2.05) is 30.3 Å². The highest BCUT2D eigenvalue weighted by molar-refractivity contribution is 7.99. The monoisotopic (exact) mass is 489 g/mol. The Hall–Kier alpha value is -3.40. The number of aromatic nitrogens is 3. The van der Waals surface area contributed by atoms with Crippen molar-refractivity contribution < 1.29 is 27.1 Å². The molecule has 0 radical (unpaired) electrons. The first kappa shape index (κ1) is 23.7. The summed E-state index contributed by atoms with van der Waals surface area (Å²) in [5.41, 5.74) is 1.91. The van der Waals surface area contributed by atoms with Crippen LogP contribution in [0.15, 0.2) is 64.2 Å². The minimum absolute atomic E-state index is 0.191. The van der Waals surface area contributed by atoms with Crippen molar-refractivity contribution in [3.05, 3.63) is 65.7 Å². The highest BCUT2D eigenvalue weighted by atomic mass is 32.2. The Morgan fingerprint density at radius 1 is 1.06 bits per heavy atom. The molecule has 0 aliphatic heterocycles. The van der Waals surface area contributed by atoms with Crippen LogP contribution in [-0.4, -0.2) is 27.3 Å². The molecule has 4 aromatic rings. The van der Waals surface area contributed by atoms with Crippen LogP contribution in [0.25, 0.3) is 22.9 Å². The molecule has 0 atom stereocenters. The number of hydrogen-bond acceptors (Lipinski definition) is 6. The molecule has 0 bridgehead atoms. The molecule has 0 aliphatic carbocycles. The third-order valence-corrected chi connectivity index (χ3v) is 5.78. The maximum Gasteiger partial charge on any atom is 0.573 e. The Kier molecular flexibility index (Phi) is 7.16. The molecule has 0 spiro atoms. The van der Waals surface area contributed by atoms with Crippen molar-refractivity contribution in [1.29, 1.82) is 0 Å². The van der Waals surface area contributed by atoms with Gasteiger partial charge in [0.1, 0.15) is 23.9 Å². The van der Waals surface area contributed by atoms with Crippen LogP contribution in [0.1, 0.15) is 24.5 Å². The van der Waals surface area contributed by atoms with Gasteiger partial charge in [-0.2, -0.15) is 4.98 Å². The van der Waals surface area contributed by atoms with Crippen LogP contribution in [0, 0.1) is 6.92 Å². The molecule has 4 rings (SSSR count). The van der Waals surface area contributed by atoms with E-state index in [9.17, 15) is 13.2 Å². The zero-order valence-electron chi connectivity index (χ0n) is 18.5. The van der Waals surface area contributed by atoms with Crippen molar-refractivity contribution in [3.63, 3.8) is 0 Å². The fourth-order valence-corrected chi connectivity index (χ4v) is 3.83. The number of benzene rings is 2. The highest BCUT2D eigenvalue weighted by Gasteiger charge is 2.31. The summed E-state index contributed by atoms with van der Waals surface area (Å²) in [4.78, 5) is 4.44. The standard InChI is InChI=1S/C24H22F3N3O3S/c1-3-11-34-23-28-22(29-30-23)21-10-9-20(32-21)17-5-4-6-18(13-17)31-14-16-7-8-19(15(2)12-16)33-24(25,26)27/h4-10,12-13H,3,11,14H2,1-2H3,(H,28,29,30). The highest BCUT2D eigenvalue weighted by Crippen LogP contribution is 2.31. The van der Waals surface area contributed by atoms with Gasteiger partial charge in [0, 0.05) is 11.3 Å². The number of halogens is 3. The molecule has 0 aliphatic rings. The van der Waals surface area contributed by atoms with Gasteiger partial charge in [0.2, 0.25) is 5.16 Å². The average molecular weight is 490 g/mol. The molecule has 34 heavy (non-hydrogen) atoms. The van der Waals surface area contributed by atoms with Gasteiger partial charge >= 0.3 is 6.36 Å². The molecule has 0 amide bonds. The lowest BCUT2D eigenvalue weighted by atomic mass is 10.1. The Balaban J connectivity index is 1.42. The summed E-state index contributed by atoms with van der Waals surface area (Å²) < 4.78 is 53.2. The largest absolute Gasteiger partial charge is 0.573 e. The number of furan rings is 1. The van der Waals surface area contributed by atoms with E-state index in [1.165, 1.54) is 6.07 Å². The van der Waals surface area contributed by atoms with Crippen molar-refractivity contribution in [2.75, 3.05) is 5.75 Å². The molecular formula is C24H22F3N3O3S. The van der Waals surface area contributed by atoms with E-state index in [-0.39, 0.29) is 12.4 Å². The van der Waals surface area contributed by atoms with E-state index in [2.05, 4.69) is 26.8 Å². The van der Waals surface area contributed by atoms with Crippen LogP contribution in [-0.2, 0) is 6.61 Å². The van der Waals surface area contributed by atoms with Gasteiger partial charge in [0.25, 0.3) is 0 Å². The summed E-state index contributed by atoms with van der Waals surface area (Å²) in [6.45, 7) is 3.84. The van der Waals surface area contributed by atoms with E-state index in [0.717, 1.165) is 23.3 Å². The van der Waals surface area contributed by atoms with Gasteiger partial charge < -0.3 is 13.9 Å². The van der Waals surface area contributed by atoms with Gasteiger partial charge in [-0.25, -0.2) is 0 Å². The summed E-state index contributed by atoms with van der Waals surface area (Å²) in [5, 5.41) is 7.77. The zero-order valence-corrected chi connectivity index (χ0v) is 19.3. The van der Waals surface area contributed by atoms with E-state index in [0.29, 0.717) is 33.8 Å². The predicted molar refractivity (Wildman–Crippen MR) is 123 cm³/mol. The van der Waals surface area contributed by atoms with Crippen LogP contribution in [0.4, 0.5) is 13.2 Å². The second-order valence-electron chi connectivity index (χ2n) is 7.44. The van der Waals surface area contributed by atoms with Crippen molar-refractivity contribution in [2.45, 2.75) is 38.4 Å². The Morgan fingerprint density at radius 2 is 1.88 bits per heavy atom. The second kappa shape index (κ2) is 10.3. The quantitative estimate of drug-likeness (QED) is 0.255. The summed E-state index contributed by atoms with van der Waals surface area (Å²) >= 11 is 1.58. The number of thioether (sulfide) groups is 1. The van der Waals surface area contributed by atoms with Crippen LogP contribution in [0.3, 0.4) is 0 Å². The molecule has 6 nitrogen and oxygen atoms in total. The summed E-state index contributed by atoms with van der Waals surface area (Å²) in [6.07, 6.45) is -3.69. The lowest BCUT2D eigenvalue weighted by molar-refractivity contribution is -0.274. The lowest BCUT2D eigenvalue weighted by Gasteiger charge is -2.13. The van der Waals surface area contributed by atoms with Crippen molar-refractivity contribution in [1.82, 2.24) is 15.2 Å². The molecule has 2 heterocycles. The Bertz CT molecular complexity index is 1250. The number of hydrogen-bond donors (Lipinski definition) is 1. The maximum absolute atomic E-state index is 12.4. The topological polar surface area (TPSA) is 73.2 Å². The first-order valence-corrected chi connectivity index (χ1v) is 11.5. The molecule has 2 aromatic carbocycles. The van der Waals surface area contributed by atoms with Gasteiger partial charge in [-0.3, -0.25) is 5.10 Å². The average Bonchev–Trinajstić information content (AvgIpc) is 3.47. The van der Waals surface area contributed by atoms with Crippen molar-refractivity contribution >= 4 is 11.8 Å². The summed E-state index contributed by atoms with van der Waals surface area (Å²) in [5.74, 6) is 3.10. The Morgan fingerprint density at radius 3 is 2.65 bits per heavy atom. The molecule has 0 saturated heterocycles. The molecular weight excluding hydrogens is 467 g/mol. The number of nitrogens with zero attached hydrogens (tertiary/aromatic N) is 2. The number of aromatic amines is 1. The van der Waals surface area contributed by atoms with Crippen LogP contribution in [0.5, 0.6) is 11.5 Å². The third kappa shape index (κ3) is 6.13. The molecule has 0 unspecified atom stereocenters. The number of H-pyrrole nitrogens is 1. The number of rotatable bonds is 9. The maximum atomic E-state index is 12.4.